The van der Waals surface area contributed by atoms with Gasteiger partial charge in [0.1, 0.15) is 0 Å². The molecule has 1 aliphatic carbocycles. The Morgan fingerprint density at radius 1 is 1.35 bits per heavy atom. The number of rotatable bonds is 7. The molecule has 0 amide bonds. The first-order chi connectivity index (χ1) is 9.70. The average molecular weight is 281 g/mol. The quantitative estimate of drug-likeness (QED) is 0.777. The molecule has 4 heteroatoms. The lowest BCUT2D eigenvalue weighted by Crippen LogP contribution is -2.25. The van der Waals surface area contributed by atoms with Gasteiger partial charge in [-0.25, -0.2) is 4.39 Å². The summed E-state index contributed by atoms with van der Waals surface area (Å²) in [5, 5.41) is 3.36. The molecular weight excluding hydrogens is 257 g/mol. The molecule has 1 aliphatic rings. The Bertz CT molecular complexity index is 419. The van der Waals surface area contributed by atoms with Crippen molar-refractivity contribution in [3.63, 3.8) is 0 Å². The summed E-state index contributed by atoms with van der Waals surface area (Å²) in [6.45, 7) is 3.52. The van der Waals surface area contributed by atoms with Crippen LogP contribution in [0.1, 0.15) is 44.2 Å². The van der Waals surface area contributed by atoms with Gasteiger partial charge in [0, 0.05) is 12.6 Å². The standard InChI is InChI=1S/C16H24FNO2/c1-12(13-7-8-16(19-2)15(17)11-13)18-9-10-20-14-5-3-4-6-14/h7-8,11-12,14,18H,3-6,9-10H2,1-2H3. The van der Waals surface area contributed by atoms with Gasteiger partial charge in [0.05, 0.1) is 19.8 Å². The van der Waals surface area contributed by atoms with E-state index in [1.54, 1.807) is 6.07 Å². The average Bonchev–Trinajstić information content (AvgIpc) is 2.96. The molecule has 1 aromatic rings. The van der Waals surface area contributed by atoms with Crippen LogP contribution in [-0.2, 0) is 4.74 Å². The van der Waals surface area contributed by atoms with E-state index in [0.717, 1.165) is 12.1 Å². The van der Waals surface area contributed by atoms with Crippen molar-refractivity contribution in [3.8, 4) is 5.75 Å². The molecule has 2 rings (SSSR count). The summed E-state index contributed by atoms with van der Waals surface area (Å²) in [6, 6.07) is 5.17. The molecule has 3 nitrogen and oxygen atoms in total. The molecule has 112 valence electrons. The highest BCUT2D eigenvalue weighted by atomic mass is 19.1. The van der Waals surface area contributed by atoms with E-state index in [9.17, 15) is 4.39 Å². The molecule has 1 unspecified atom stereocenters. The Kier molecular flexibility index (Phi) is 5.80. The Labute approximate surface area is 120 Å². The maximum Gasteiger partial charge on any atom is 0.165 e. The van der Waals surface area contributed by atoms with E-state index < -0.39 is 0 Å². The van der Waals surface area contributed by atoms with Gasteiger partial charge in [0.15, 0.2) is 11.6 Å². The highest BCUT2D eigenvalue weighted by molar-refractivity contribution is 5.30. The molecule has 1 saturated carbocycles. The van der Waals surface area contributed by atoms with Crippen LogP contribution in [0.25, 0.3) is 0 Å². The van der Waals surface area contributed by atoms with Crippen molar-refractivity contribution >= 4 is 0 Å². The van der Waals surface area contributed by atoms with Crippen LogP contribution in [0.2, 0.25) is 0 Å². The minimum absolute atomic E-state index is 0.0996. The first-order valence-electron chi connectivity index (χ1n) is 7.39. The molecule has 0 aromatic heterocycles. The fourth-order valence-corrected chi connectivity index (χ4v) is 2.63. The smallest absolute Gasteiger partial charge is 0.165 e. The zero-order valence-corrected chi connectivity index (χ0v) is 12.3. The van der Waals surface area contributed by atoms with E-state index in [1.165, 1.54) is 38.9 Å². The minimum atomic E-state index is -0.319. The number of methoxy groups -OCH3 is 1. The molecule has 1 fully saturated rings. The molecule has 0 spiro atoms. The Morgan fingerprint density at radius 2 is 2.10 bits per heavy atom. The molecule has 0 aliphatic heterocycles. The number of ether oxygens (including phenoxy) is 2. The summed E-state index contributed by atoms with van der Waals surface area (Å²) >= 11 is 0. The van der Waals surface area contributed by atoms with Gasteiger partial charge in [0.25, 0.3) is 0 Å². The van der Waals surface area contributed by atoms with Gasteiger partial charge in [-0.05, 0) is 37.5 Å². The molecule has 1 N–H and O–H groups in total. The fraction of sp³-hybridized carbons (Fsp3) is 0.625. The number of nitrogens with one attached hydrogen (secondary N) is 1. The normalized spacial score (nSPS) is 17.4. The second kappa shape index (κ2) is 7.60. The monoisotopic (exact) mass is 281 g/mol. The maximum absolute atomic E-state index is 13.6. The SMILES string of the molecule is COc1ccc(C(C)NCCOC2CCCC2)cc1F. The van der Waals surface area contributed by atoms with Crippen LogP contribution < -0.4 is 10.1 Å². The van der Waals surface area contributed by atoms with E-state index in [1.807, 2.05) is 13.0 Å². The molecule has 0 radical (unpaired) electrons. The molecule has 20 heavy (non-hydrogen) atoms. The molecule has 1 aromatic carbocycles. The third-order valence-electron chi connectivity index (χ3n) is 3.88. The minimum Gasteiger partial charge on any atom is -0.494 e. The summed E-state index contributed by atoms with van der Waals surface area (Å²) in [7, 11) is 1.47. The van der Waals surface area contributed by atoms with Crippen molar-refractivity contribution in [2.75, 3.05) is 20.3 Å². The zero-order chi connectivity index (χ0) is 14.4. The maximum atomic E-state index is 13.6. The highest BCUT2D eigenvalue weighted by Gasteiger charge is 2.15. The van der Waals surface area contributed by atoms with Crippen molar-refractivity contribution in [2.45, 2.75) is 44.8 Å². The highest BCUT2D eigenvalue weighted by Crippen LogP contribution is 2.22. The van der Waals surface area contributed by atoms with E-state index in [4.69, 9.17) is 9.47 Å². The van der Waals surface area contributed by atoms with Crippen LogP contribution in [-0.4, -0.2) is 26.4 Å². The second-order valence-electron chi connectivity index (χ2n) is 5.35. The first-order valence-corrected chi connectivity index (χ1v) is 7.39. The van der Waals surface area contributed by atoms with Crippen molar-refractivity contribution in [1.82, 2.24) is 5.32 Å². The summed E-state index contributed by atoms with van der Waals surface area (Å²) in [5.41, 5.74) is 0.921. The largest absolute Gasteiger partial charge is 0.494 e. The zero-order valence-electron chi connectivity index (χ0n) is 12.3. The third-order valence-corrected chi connectivity index (χ3v) is 3.88. The van der Waals surface area contributed by atoms with Crippen LogP contribution in [0.5, 0.6) is 5.75 Å². The van der Waals surface area contributed by atoms with E-state index >= 15 is 0 Å². The van der Waals surface area contributed by atoms with Crippen LogP contribution in [0.3, 0.4) is 0 Å². The Balaban J connectivity index is 1.73. The number of halogens is 1. The molecule has 0 bridgehead atoms. The lowest BCUT2D eigenvalue weighted by Gasteiger charge is -2.16. The van der Waals surface area contributed by atoms with Gasteiger partial charge in [-0.2, -0.15) is 0 Å². The third kappa shape index (κ3) is 4.18. The second-order valence-corrected chi connectivity index (χ2v) is 5.35. The van der Waals surface area contributed by atoms with Crippen LogP contribution >= 0.6 is 0 Å². The van der Waals surface area contributed by atoms with Crippen LogP contribution in [0, 0.1) is 5.82 Å². The van der Waals surface area contributed by atoms with Gasteiger partial charge in [0.2, 0.25) is 0 Å². The van der Waals surface area contributed by atoms with Crippen molar-refractivity contribution in [3.05, 3.63) is 29.6 Å². The lowest BCUT2D eigenvalue weighted by molar-refractivity contribution is 0.0593. The van der Waals surface area contributed by atoms with Crippen molar-refractivity contribution in [1.29, 1.82) is 0 Å². The molecule has 0 saturated heterocycles. The number of hydrogen-bond acceptors (Lipinski definition) is 3. The fourth-order valence-electron chi connectivity index (χ4n) is 2.63. The van der Waals surface area contributed by atoms with Gasteiger partial charge < -0.3 is 14.8 Å². The summed E-state index contributed by atoms with van der Waals surface area (Å²) in [6.07, 6.45) is 5.42. The number of hydrogen-bond donors (Lipinski definition) is 1. The number of benzene rings is 1. The van der Waals surface area contributed by atoms with Crippen LogP contribution in [0.15, 0.2) is 18.2 Å². The van der Waals surface area contributed by atoms with Gasteiger partial charge in [-0.1, -0.05) is 18.9 Å². The van der Waals surface area contributed by atoms with Crippen molar-refractivity contribution < 1.29 is 13.9 Å². The lowest BCUT2D eigenvalue weighted by atomic mass is 10.1. The molecule has 1 atom stereocenters. The molecule has 0 heterocycles. The first kappa shape index (κ1) is 15.3. The van der Waals surface area contributed by atoms with E-state index in [-0.39, 0.29) is 17.6 Å². The predicted octanol–water partition coefficient (Wildman–Crippen LogP) is 3.44. The molecular formula is C16H24FNO2. The summed E-state index contributed by atoms with van der Waals surface area (Å²) < 4.78 is 24.3. The summed E-state index contributed by atoms with van der Waals surface area (Å²) in [4.78, 5) is 0. The Morgan fingerprint density at radius 3 is 2.75 bits per heavy atom. The van der Waals surface area contributed by atoms with E-state index in [0.29, 0.717) is 12.7 Å². The van der Waals surface area contributed by atoms with Gasteiger partial charge in [-0.3, -0.25) is 0 Å². The Hall–Kier alpha value is -1.13. The van der Waals surface area contributed by atoms with Gasteiger partial charge in [-0.15, -0.1) is 0 Å². The van der Waals surface area contributed by atoms with E-state index in [2.05, 4.69) is 5.32 Å². The summed E-state index contributed by atoms with van der Waals surface area (Å²) in [5.74, 6) is -0.0358. The van der Waals surface area contributed by atoms with Gasteiger partial charge >= 0.3 is 0 Å². The van der Waals surface area contributed by atoms with Crippen molar-refractivity contribution in [2.24, 2.45) is 0 Å². The van der Waals surface area contributed by atoms with Crippen LogP contribution in [0.4, 0.5) is 4.39 Å². The predicted molar refractivity (Wildman–Crippen MR) is 77.6 cm³/mol. The topological polar surface area (TPSA) is 30.5 Å².